The fraction of sp³-hybridized carbons (Fsp3) is 0.286. The third-order valence-electron chi connectivity index (χ3n) is 0.876. The van der Waals surface area contributed by atoms with Gasteiger partial charge in [0.25, 0.3) is 0 Å². The van der Waals surface area contributed by atoms with Crippen LogP contribution in [0.4, 0.5) is 0 Å². The lowest BCUT2D eigenvalue weighted by Crippen LogP contribution is -2.28. The second-order valence-corrected chi connectivity index (χ2v) is 1.64. The molecule has 0 fully saturated rings. The van der Waals surface area contributed by atoms with Gasteiger partial charge >= 0.3 is 6.41 Å². The van der Waals surface area contributed by atoms with Gasteiger partial charge in [-0.05, 0) is 12.2 Å². The molecule has 0 aliphatic carbocycles. The molecule has 0 aromatic carbocycles. The number of carbonyl (C=O) groups excluding carboxylic acids is 1. The van der Waals surface area contributed by atoms with Crippen molar-refractivity contribution in [2.45, 2.75) is 0 Å². The lowest BCUT2D eigenvalue weighted by molar-refractivity contribution is -0.113. The highest BCUT2D eigenvalue weighted by Gasteiger charge is 2.05. The molecule has 0 bridgehead atoms. The molecule has 0 atom stereocenters. The van der Waals surface area contributed by atoms with Crippen molar-refractivity contribution >= 4 is 6.41 Å². The minimum atomic E-state index is 0.593. The van der Waals surface area contributed by atoms with E-state index in [0.717, 1.165) is 6.41 Å². The Hall–Kier alpha value is -0.890. The summed E-state index contributed by atoms with van der Waals surface area (Å²) in [6, 6.07) is 0. The summed E-state index contributed by atoms with van der Waals surface area (Å²) in [6.45, 7) is 8.18. The summed E-state index contributed by atoms with van der Waals surface area (Å²) in [4.78, 5) is 11.7. The van der Waals surface area contributed by atoms with Crippen molar-refractivity contribution in [3.05, 3.63) is 25.3 Å². The molecule has 0 N–H and O–H groups in total. The highest BCUT2D eigenvalue weighted by Crippen LogP contribution is 1.77. The Kier molecular flexibility index (Phi) is 4.73. The molecule has 0 rings (SSSR count). The topological polar surface area (TPSA) is 23.0 Å². The molecule has 0 unspecified atom stereocenters. The van der Waals surface area contributed by atoms with Gasteiger partial charge in [-0.3, -0.25) is 0 Å². The van der Waals surface area contributed by atoms with E-state index in [4.69, 9.17) is 0 Å². The van der Waals surface area contributed by atoms with Crippen LogP contribution in [0.5, 0.6) is 0 Å². The van der Waals surface area contributed by atoms with Gasteiger partial charge < -0.3 is 0 Å². The van der Waals surface area contributed by atoms with E-state index in [1.54, 1.807) is 17.1 Å². The SMILES string of the molecule is C=CC[N+](C=O)CC=C. The van der Waals surface area contributed by atoms with Crippen LogP contribution >= 0.6 is 0 Å². The van der Waals surface area contributed by atoms with Gasteiger partial charge in [-0.15, -0.1) is 0 Å². The van der Waals surface area contributed by atoms with Crippen LogP contribution in [0.3, 0.4) is 0 Å². The second kappa shape index (κ2) is 5.25. The van der Waals surface area contributed by atoms with Gasteiger partial charge in [0.05, 0.1) is 0 Å². The molecule has 1 amide bonds. The number of carbonyl (C=O) groups is 1. The van der Waals surface area contributed by atoms with E-state index in [9.17, 15) is 4.79 Å². The predicted octanol–water partition coefficient (Wildman–Crippen LogP) is 0.655. The second-order valence-electron chi connectivity index (χ2n) is 1.64. The van der Waals surface area contributed by atoms with Gasteiger partial charge in [0.15, 0.2) is 0 Å². The molecule has 0 aromatic heterocycles. The molecular formula is C7H11NO+. The Morgan fingerprint density at radius 3 is 1.89 bits per heavy atom. The average molecular weight is 125 g/mol. The molecule has 2 heteroatoms. The Balaban J connectivity index is 3.51. The first-order valence-electron chi connectivity index (χ1n) is 2.76. The van der Waals surface area contributed by atoms with Crippen molar-refractivity contribution in [1.82, 2.24) is 4.90 Å². The molecule has 9 heavy (non-hydrogen) atoms. The molecule has 0 aromatic rings. The Morgan fingerprint density at radius 2 is 1.67 bits per heavy atom. The standard InChI is InChI=1S/C7H11NO/c1-3-5-8(7-9)6-4-2/h3-4,7H,1-2,5-6H2/q+1. The zero-order valence-corrected chi connectivity index (χ0v) is 5.42. The minimum absolute atomic E-state index is 0.593. The smallest absolute Gasteiger partial charge is 0.228 e. The Bertz CT molecular complexity index is 99.5. The van der Waals surface area contributed by atoms with Crippen LogP contribution in [-0.4, -0.2) is 19.5 Å². The summed E-state index contributed by atoms with van der Waals surface area (Å²) in [5.41, 5.74) is 0. The molecular weight excluding hydrogens is 114 g/mol. The summed E-state index contributed by atoms with van der Waals surface area (Å²) in [5.74, 6) is 0. The van der Waals surface area contributed by atoms with E-state index in [-0.39, 0.29) is 0 Å². The van der Waals surface area contributed by atoms with Gasteiger partial charge in [-0.25, -0.2) is 4.79 Å². The van der Waals surface area contributed by atoms with Crippen molar-refractivity contribution in [2.75, 3.05) is 13.1 Å². The molecule has 0 saturated heterocycles. The van der Waals surface area contributed by atoms with E-state index in [0.29, 0.717) is 13.1 Å². The zero-order chi connectivity index (χ0) is 7.11. The van der Waals surface area contributed by atoms with Crippen LogP contribution in [0.15, 0.2) is 25.3 Å². The summed E-state index contributed by atoms with van der Waals surface area (Å²) < 4.78 is 0. The maximum atomic E-state index is 10.1. The number of hydrogen-bond acceptors (Lipinski definition) is 1. The molecule has 0 heterocycles. The van der Waals surface area contributed by atoms with Crippen LogP contribution in [0.25, 0.3) is 0 Å². The van der Waals surface area contributed by atoms with Gasteiger partial charge in [-0.1, -0.05) is 18.1 Å². The minimum Gasteiger partial charge on any atom is -0.228 e. The van der Waals surface area contributed by atoms with Crippen LogP contribution in [-0.2, 0) is 4.79 Å². The van der Waals surface area contributed by atoms with E-state index in [2.05, 4.69) is 13.2 Å². The van der Waals surface area contributed by atoms with E-state index in [1.807, 2.05) is 0 Å². The van der Waals surface area contributed by atoms with Crippen molar-refractivity contribution < 1.29 is 4.79 Å². The zero-order valence-electron chi connectivity index (χ0n) is 5.42. The first kappa shape index (κ1) is 8.11. The third kappa shape index (κ3) is 3.67. The van der Waals surface area contributed by atoms with Gasteiger partial charge in [-0.2, -0.15) is 0 Å². The summed E-state index contributed by atoms with van der Waals surface area (Å²) in [7, 11) is 0. The first-order chi connectivity index (χ1) is 4.35. The van der Waals surface area contributed by atoms with E-state index < -0.39 is 0 Å². The maximum Gasteiger partial charge on any atom is 0.349 e. The van der Waals surface area contributed by atoms with Crippen molar-refractivity contribution in [2.24, 2.45) is 0 Å². The number of rotatable bonds is 5. The van der Waals surface area contributed by atoms with Gasteiger partial charge in [0, 0.05) is 0 Å². The normalized spacial score (nSPS) is 9.00. The maximum absolute atomic E-state index is 10.1. The van der Waals surface area contributed by atoms with Crippen molar-refractivity contribution in [3.63, 3.8) is 0 Å². The highest BCUT2D eigenvalue weighted by atomic mass is 16.1. The van der Waals surface area contributed by atoms with Crippen molar-refractivity contribution in [1.29, 1.82) is 0 Å². The quantitative estimate of drug-likeness (QED) is 0.300. The van der Waals surface area contributed by atoms with E-state index >= 15 is 0 Å². The van der Waals surface area contributed by atoms with Crippen LogP contribution < -0.4 is 4.90 Å². The summed E-state index contributed by atoms with van der Waals surface area (Å²) >= 11 is 0. The molecule has 2 nitrogen and oxygen atoms in total. The molecule has 0 aliphatic rings. The largest absolute Gasteiger partial charge is 0.349 e. The van der Waals surface area contributed by atoms with Crippen LogP contribution in [0.2, 0.25) is 0 Å². The first-order valence-corrected chi connectivity index (χ1v) is 2.76. The monoisotopic (exact) mass is 125 g/mol. The molecule has 0 saturated carbocycles. The molecule has 1 radical (unpaired) electrons. The number of amides is 1. The molecule has 49 valence electrons. The molecule has 0 aliphatic heterocycles. The Morgan fingerprint density at radius 1 is 1.22 bits per heavy atom. The van der Waals surface area contributed by atoms with Crippen LogP contribution in [0, 0.1) is 0 Å². The van der Waals surface area contributed by atoms with Gasteiger partial charge in [0.2, 0.25) is 0 Å². The summed E-state index contributed by atoms with van der Waals surface area (Å²) in [5, 5.41) is 0. The fourth-order valence-electron chi connectivity index (χ4n) is 0.492. The summed E-state index contributed by atoms with van der Waals surface area (Å²) in [6.07, 6.45) is 4.14. The number of hydrogen-bond donors (Lipinski definition) is 0. The highest BCUT2D eigenvalue weighted by molar-refractivity contribution is 5.51. The van der Waals surface area contributed by atoms with Gasteiger partial charge in [0.1, 0.15) is 13.1 Å². The third-order valence-corrected chi connectivity index (χ3v) is 0.876. The van der Waals surface area contributed by atoms with Crippen LogP contribution in [0.1, 0.15) is 0 Å². The lowest BCUT2D eigenvalue weighted by Gasteiger charge is -1.94. The van der Waals surface area contributed by atoms with Crippen molar-refractivity contribution in [3.8, 4) is 0 Å². The fourth-order valence-corrected chi connectivity index (χ4v) is 0.492. The van der Waals surface area contributed by atoms with E-state index in [1.165, 1.54) is 0 Å². The number of nitrogens with zero attached hydrogens (tertiary/aromatic N) is 1. The molecule has 0 spiro atoms. The lowest BCUT2D eigenvalue weighted by atomic mass is 10.5. The Labute approximate surface area is 55.5 Å². The average Bonchev–Trinajstić information content (AvgIpc) is 1.88. The predicted molar refractivity (Wildman–Crippen MR) is 38.3 cm³/mol.